The van der Waals surface area contributed by atoms with Gasteiger partial charge in [0.1, 0.15) is 0 Å². The molecule has 1 aromatic heterocycles. The van der Waals surface area contributed by atoms with Gasteiger partial charge in [-0.2, -0.15) is 0 Å². The van der Waals surface area contributed by atoms with Gasteiger partial charge in [-0.25, -0.2) is 0 Å². The molecular weight excluding hydrogens is 154 g/mol. The first-order valence-corrected chi connectivity index (χ1v) is 5.02. The highest BCUT2D eigenvalue weighted by atomic mass is 32.1. The summed E-state index contributed by atoms with van der Waals surface area (Å²) in [6.45, 7) is 0.720. The Labute approximate surface area is 71.2 Å². The van der Waals surface area contributed by atoms with Crippen LogP contribution in [0.5, 0.6) is 0 Å². The standard InChI is InChI=1S/C9H13NS/c10-6-8-5-7-3-1-2-4-9(7)11-8/h5H,1-4,6,10H2. The van der Waals surface area contributed by atoms with Crippen molar-refractivity contribution in [3.05, 3.63) is 21.4 Å². The van der Waals surface area contributed by atoms with Gasteiger partial charge in [-0.3, -0.25) is 0 Å². The van der Waals surface area contributed by atoms with Crippen molar-refractivity contribution in [3.63, 3.8) is 0 Å². The van der Waals surface area contributed by atoms with Crippen molar-refractivity contribution in [2.75, 3.05) is 0 Å². The van der Waals surface area contributed by atoms with Crippen LogP contribution in [0.15, 0.2) is 6.07 Å². The van der Waals surface area contributed by atoms with Gasteiger partial charge in [-0.05, 0) is 37.3 Å². The predicted molar refractivity (Wildman–Crippen MR) is 48.9 cm³/mol. The second-order valence-corrected chi connectivity index (χ2v) is 4.29. The summed E-state index contributed by atoms with van der Waals surface area (Å²) in [5.74, 6) is 0. The van der Waals surface area contributed by atoms with Crippen molar-refractivity contribution in [2.24, 2.45) is 5.73 Å². The van der Waals surface area contributed by atoms with Crippen LogP contribution < -0.4 is 5.73 Å². The van der Waals surface area contributed by atoms with E-state index < -0.39 is 0 Å². The summed E-state index contributed by atoms with van der Waals surface area (Å²) in [5, 5.41) is 0. The third-order valence-corrected chi connectivity index (χ3v) is 3.51. The average molecular weight is 167 g/mol. The Morgan fingerprint density at radius 2 is 2.18 bits per heavy atom. The van der Waals surface area contributed by atoms with Crippen molar-refractivity contribution < 1.29 is 0 Å². The topological polar surface area (TPSA) is 26.0 Å². The molecule has 0 unspecified atom stereocenters. The Hall–Kier alpha value is -0.340. The highest BCUT2D eigenvalue weighted by Crippen LogP contribution is 2.29. The van der Waals surface area contributed by atoms with E-state index in [1.807, 2.05) is 11.3 Å². The van der Waals surface area contributed by atoms with Gasteiger partial charge in [-0.1, -0.05) is 0 Å². The number of hydrogen-bond acceptors (Lipinski definition) is 2. The van der Waals surface area contributed by atoms with E-state index in [9.17, 15) is 0 Å². The highest BCUT2D eigenvalue weighted by molar-refractivity contribution is 7.12. The summed E-state index contributed by atoms with van der Waals surface area (Å²) < 4.78 is 0. The molecule has 0 radical (unpaired) electrons. The minimum absolute atomic E-state index is 0.720. The summed E-state index contributed by atoms with van der Waals surface area (Å²) in [7, 11) is 0. The van der Waals surface area contributed by atoms with E-state index in [-0.39, 0.29) is 0 Å². The number of fused-ring (bicyclic) bond motifs is 1. The zero-order chi connectivity index (χ0) is 7.68. The lowest BCUT2D eigenvalue weighted by Crippen LogP contribution is -1.96. The van der Waals surface area contributed by atoms with Gasteiger partial charge in [-0.15, -0.1) is 11.3 Å². The number of rotatable bonds is 1. The lowest BCUT2D eigenvalue weighted by atomic mass is 9.99. The van der Waals surface area contributed by atoms with Crippen molar-refractivity contribution in [1.82, 2.24) is 0 Å². The van der Waals surface area contributed by atoms with Crippen LogP contribution in [0.25, 0.3) is 0 Å². The first-order valence-electron chi connectivity index (χ1n) is 4.20. The van der Waals surface area contributed by atoms with E-state index in [1.54, 1.807) is 10.4 Å². The number of aryl methyl sites for hydroxylation is 2. The molecule has 0 fully saturated rings. The van der Waals surface area contributed by atoms with Crippen molar-refractivity contribution in [2.45, 2.75) is 32.2 Å². The van der Waals surface area contributed by atoms with Crippen LogP contribution in [0.2, 0.25) is 0 Å². The summed E-state index contributed by atoms with van der Waals surface area (Å²) in [4.78, 5) is 2.95. The summed E-state index contributed by atoms with van der Waals surface area (Å²) in [5.41, 5.74) is 7.14. The van der Waals surface area contributed by atoms with E-state index in [1.165, 1.54) is 30.6 Å². The second kappa shape index (κ2) is 2.95. The zero-order valence-corrected chi connectivity index (χ0v) is 7.41. The fourth-order valence-electron chi connectivity index (χ4n) is 1.65. The number of thiophene rings is 1. The van der Waals surface area contributed by atoms with Gasteiger partial charge >= 0.3 is 0 Å². The monoisotopic (exact) mass is 167 g/mol. The summed E-state index contributed by atoms with van der Waals surface area (Å²) in [6, 6.07) is 2.29. The Balaban J connectivity index is 2.32. The maximum Gasteiger partial charge on any atom is 0.0273 e. The third kappa shape index (κ3) is 1.33. The molecule has 0 aromatic carbocycles. The van der Waals surface area contributed by atoms with E-state index in [0.717, 1.165) is 6.54 Å². The fraction of sp³-hybridized carbons (Fsp3) is 0.556. The maximum atomic E-state index is 5.57. The van der Waals surface area contributed by atoms with Crippen LogP contribution in [0.4, 0.5) is 0 Å². The molecule has 0 saturated carbocycles. The molecule has 1 aromatic rings. The molecule has 2 N–H and O–H groups in total. The Morgan fingerprint density at radius 1 is 1.36 bits per heavy atom. The molecular formula is C9H13NS. The SMILES string of the molecule is NCc1cc2c(s1)CCCC2. The molecule has 0 saturated heterocycles. The summed E-state index contributed by atoms with van der Waals surface area (Å²) >= 11 is 1.91. The first kappa shape index (κ1) is 7.32. The number of hydrogen-bond donors (Lipinski definition) is 1. The van der Waals surface area contributed by atoms with Crippen LogP contribution in [0, 0.1) is 0 Å². The minimum Gasteiger partial charge on any atom is -0.326 e. The Bertz CT molecular complexity index is 229. The minimum atomic E-state index is 0.720. The maximum absolute atomic E-state index is 5.57. The molecule has 0 aliphatic heterocycles. The van der Waals surface area contributed by atoms with Crippen LogP contribution in [-0.4, -0.2) is 0 Å². The molecule has 60 valence electrons. The summed E-state index contributed by atoms with van der Waals surface area (Å²) in [6.07, 6.45) is 5.32. The van der Waals surface area contributed by atoms with Gasteiger partial charge in [0.25, 0.3) is 0 Å². The average Bonchev–Trinajstić information content (AvgIpc) is 2.46. The van der Waals surface area contributed by atoms with Crippen molar-refractivity contribution in [1.29, 1.82) is 0 Å². The Morgan fingerprint density at radius 3 is 2.91 bits per heavy atom. The Kier molecular flexibility index (Phi) is 1.96. The van der Waals surface area contributed by atoms with Crippen LogP contribution in [0.3, 0.4) is 0 Å². The van der Waals surface area contributed by atoms with E-state index in [4.69, 9.17) is 5.73 Å². The lowest BCUT2D eigenvalue weighted by Gasteiger charge is -2.08. The van der Waals surface area contributed by atoms with E-state index in [2.05, 4.69) is 6.07 Å². The van der Waals surface area contributed by atoms with Crippen LogP contribution in [-0.2, 0) is 19.4 Å². The lowest BCUT2D eigenvalue weighted by molar-refractivity contribution is 0.697. The molecule has 2 heteroatoms. The first-order chi connectivity index (χ1) is 5.40. The van der Waals surface area contributed by atoms with Crippen molar-refractivity contribution in [3.8, 4) is 0 Å². The largest absolute Gasteiger partial charge is 0.326 e. The highest BCUT2D eigenvalue weighted by Gasteiger charge is 2.11. The molecule has 1 aliphatic rings. The van der Waals surface area contributed by atoms with Crippen LogP contribution >= 0.6 is 11.3 Å². The normalized spacial score (nSPS) is 16.5. The molecule has 1 heterocycles. The molecule has 1 aliphatic carbocycles. The van der Waals surface area contributed by atoms with Gasteiger partial charge < -0.3 is 5.73 Å². The van der Waals surface area contributed by atoms with Gasteiger partial charge in [0.15, 0.2) is 0 Å². The molecule has 0 atom stereocenters. The van der Waals surface area contributed by atoms with E-state index >= 15 is 0 Å². The van der Waals surface area contributed by atoms with E-state index in [0.29, 0.717) is 0 Å². The van der Waals surface area contributed by atoms with Crippen LogP contribution in [0.1, 0.15) is 28.2 Å². The molecule has 11 heavy (non-hydrogen) atoms. The fourth-order valence-corrected chi connectivity index (χ4v) is 2.79. The van der Waals surface area contributed by atoms with Gasteiger partial charge in [0.05, 0.1) is 0 Å². The quantitative estimate of drug-likeness (QED) is 0.681. The van der Waals surface area contributed by atoms with Crippen molar-refractivity contribution >= 4 is 11.3 Å². The zero-order valence-electron chi connectivity index (χ0n) is 6.60. The molecule has 0 bridgehead atoms. The van der Waals surface area contributed by atoms with Gasteiger partial charge in [0, 0.05) is 16.3 Å². The number of nitrogens with two attached hydrogens (primary N) is 1. The molecule has 0 amide bonds. The third-order valence-electron chi connectivity index (χ3n) is 2.25. The molecule has 0 spiro atoms. The second-order valence-electron chi connectivity index (χ2n) is 3.07. The molecule has 1 nitrogen and oxygen atoms in total. The predicted octanol–water partition coefficient (Wildman–Crippen LogP) is 2.09. The smallest absolute Gasteiger partial charge is 0.0273 e. The van der Waals surface area contributed by atoms with Gasteiger partial charge in [0.2, 0.25) is 0 Å². The molecule has 2 rings (SSSR count).